The molecule has 0 aliphatic rings. The minimum Gasteiger partial charge on any atom is -0.484 e. The molecule has 0 amide bonds. The molecule has 0 fully saturated rings. The highest BCUT2D eigenvalue weighted by atomic mass is 19.1. The van der Waals surface area contributed by atoms with E-state index in [0.29, 0.717) is 17.5 Å². The van der Waals surface area contributed by atoms with Crippen LogP contribution in [0.25, 0.3) is 0 Å². The monoisotopic (exact) mass is 233 g/mol. The third kappa shape index (κ3) is 2.58. The zero-order valence-electron chi connectivity index (χ0n) is 8.98. The van der Waals surface area contributed by atoms with Crippen molar-refractivity contribution in [3.05, 3.63) is 41.4 Å². The van der Waals surface area contributed by atoms with Crippen molar-refractivity contribution in [2.75, 3.05) is 0 Å². The number of aryl methyl sites for hydroxylation is 1. The lowest BCUT2D eigenvalue weighted by atomic mass is 10.2. The van der Waals surface area contributed by atoms with Crippen LogP contribution in [0, 0.1) is 24.1 Å². The molecule has 1 aromatic carbocycles. The summed E-state index contributed by atoms with van der Waals surface area (Å²) in [7, 11) is 0. The molecule has 6 heteroatoms. The van der Waals surface area contributed by atoms with Crippen LogP contribution < -0.4 is 4.74 Å². The molecule has 0 radical (unpaired) electrons. The molecule has 0 unspecified atom stereocenters. The maximum Gasteiger partial charge on any atom is 0.253 e. The van der Waals surface area contributed by atoms with E-state index in [1.54, 1.807) is 13.0 Å². The number of ether oxygens (including phenoxy) is 1. The van der Waals surface area contributed by atoms with E-state index in [-0.39, 0.29) is 12.2 Å². The van der Waals surface area contributed by atoms with Crippen LogP contribution in [0.1, 0.15) is 17.3 Å². The largest absolute Gasteiger partial charge is 0.484 e. The van der Waals surface area contributed by atoms with E-state index < -0.39 is 5.82 Å². The average Bonchev–Trinajstić information content (AvgIpc) is 2.73. The van der Waals surface area contributed by atoms with E-state index in [0.717, 1.165) is 6.07 Å². The van der Waals surface area contributed by atoms with Gasteiger partial charge in [-0.2, -0.15) is 5.26 Å². The van der Waals surface area contributed by atoms with Gasteiger partial charge in [-0.05, 0) is 12.1 Å². The van der Waals surface area contributed by atoms with Crippen molar-refractivity contribution >= 4 is 0 Å². The molecule has 86 valence electrons. The summed E-state index contributed by atoms with van der Waals surface area (Å²) in [5, 5.41) is 15.9. The molecular weight excluding hydrogens is 225 g/mol. The van der Waals surface area contributed by atoms with Crippen LogP contribution in [0.5, 0.6) is 5.75 Å². The third-order valence-corrected chi connectivity index (χ3v) is 1.99. The van der Waals surface area contributed by atoms with Gasteiger partial charge in [-0.25, -0.2) is 4.39 Å². The Hall–Kier alpha value is -2.42. The lowest BCUT2D eigenvalue weighted by Crippen LogP contribution is -1.96. The highest BCUT2D eigenvalue weighted by Gasteiger charge is 2.06. The highest BCUT2D eigenvalue weighted by molar-refractivity contribution is 5.36. The topological polar surface area (TPSA) is 71.9 Å². The molecule has 0 spiro atoms. The number of halogens is 1. The first-order valence-corrected chi connectivity index (χ1v) is 4.80. The Labute approximate surface area is 96.5 Å². The Balaban J connectivity index is 2.05. The fourth-order valence-electron chi connectivity index (χ4n) is 1.22. The van der Waals surface area contributed by atoms with Crippen LogP contribution in [-0.2, 0) is 6.61 Å². The molecule has 0 N–H and O–H groups in total. The minimum atomic E-state index is -0.619. The summed E-state index contributed by atoms with van der Waals surface area (Å²) < 4.78 is 23.6. The number of hydrogen-bond acceptors (Lipinski definition) is 5. The smallest absolute Gasteiger partial charge is 0.253 e. The van der Waals surface area contributed by atoms with E-state index in [4.69, 9.17) is 14.4 Å². The molecule has 2 rings (SSSR count). The summed E-state index contributed by atoms with van der Waals surface area (Å²) in [6, 6.07) is 5.72. The fraction of sp³-hybridized carbons (Fsp3) is 0.182. The summed E-state index contributed by atoms with van der Waals surface area (Å²) in [6.45, 7) is 1.73. The normalized spacial score (nSPS) is 9.94. The molecule has 17 heavy (non-hydrogen) atoms. The van der Waals surface area contributed by atoms with Crippen molar-refractivity contribution in [2.24, 2.45) is 0 Å². The maximum absolute atomic E-state index is 13.2. The molecule has 0 saturated carbocycles. The van der Waals surface area contributed by atoms with Gasteiger partial charge >= 0.3 is 0 Å². The van der Waals surface area contributed by atoms with Gasteiger partial charge in [-0.3, -0.25) is 0 Å². The Kier molecular flexibility index (Phi) is 3.01. The van der Waals surface area contributed by atoms with E-state index >= 15 is 0 Å². The lowest BCUT2D eigenvalue weighted by molar-refractivity contribution is 0.259. The van der Waals surface area contributed by atoms with Crippen LogP contribution in [0.3, 0.4) is 0 Å². The molecule has 0 aliphatic carbocycles. The van der Waals surface area contributed by atoms with E-state index in [2.05, 4.69) is 10.2 Å². The lowest BCUT2D eigenvalue weighted by Gasteiger charge is -2.03. The van der Waals surface area contributed by atoms with Crippen molar-refractivity contribution in [3.63, 3.8) is 0 Å². The second-order valence-corrected chi connectivity index (χ2v) is 3.26. The fourth-order valence-corrected chi connectivity index (χ4v) is 1.22. The van der Waals surface area contributed by atoms with E-state index in [1.807, 2.05) is 0 Å². The van der Waals surface area contributed by atoms with Crippen molar-refractivity contribution < 1.29 is 13.5 Å². The summed E-state index contributed by atoms with van der Waals surface area (Å²) in [4.78, 5) is 0. The van der Waals surface area contributed by atoms with Crippen LogP contribution in [0.2, 0.25) is 0 Å². The van der Waals surface area contributed by atoms with Gasteiger partial charge in [0.05, 0.1) is 5.56 Å². The van der Waals surface area contributed by atoms with Crippen molar-refractivity contribution in [3.8, 4) is 11.8 Å². The van der Waals surface area contributed by atoms with Gasteiger partial charge in [-0.15, -0.1) is 10.2 Å². The molecule has 0 bridgehead atoms. The number of hydrogen-bond donors (Lipinski definition) is 0. The quantitative estimate of drug-likeness (QED) is 0.810. The number of benzene rings is 1. The summed E-state index contributed by atoms with van der Waals surface area (Å²) in [5.74, 6) is 0.436. The second-order valence-electron chi connectivity index (χ2n) is 3.26. The first-order chi connectivity index (χ1) is 8.19. The number of nitrogens with zero attached hydrogens (tertiary/aromatic N) is 3. The van der Waals surface area contributed by atoms with Gasteiger partial charge in [0.2, 0.25) is 5.89 Å². The molecule has 1 aromatic heterocycles. The first-order valence-electron chi connectivity index (χ1n) is 4.80. The van der Waals surface area contributed by atoms with Crippen molar-refractivity contribution in [2.45, 2.75) is 13.5 Å². The second kappa shape index (κ2) is 4.61. The molecule has 0 aliphatic heterocycles. The Morgan fingerprint density at radius 1 is 1.47 bits per heavy atom. The van der Waals surface area contributed by atoms with Crippen molar-refractivity contribution in [1.82, 2.24) is 10.2 Å². The maximum atomic E-state index is 13.2. The van der Waals surface area contributed by atoms with E-state index in [1.165, 1.54) is 12.1 Å². The van der Waals surface area contributed by atoms with Gasteiger partial charge in [0.1, 0.15) is 17.6 Å². The van der Waals surface area contributed by atoms with Gasteiger partial charge in [0.25, 0.3) is 5.89 Å². The number of rotatable bonds is 3. The average molecular weight is 233 g/mol. The summed E-state index contributed by atoms with van der Waals surface area (Å²) >= 11 is 0. The van der Waals surface area contributed by atoms with Crippen molar-refractivity contribution in [1.29, 1.82) is 5.26 Å². The highest BCUT2D eigenvalue weighted by Crippen LogP contribution is 2.17. The number of aromatic nitrogens is 2. The predicted octanol–water partition coefficient (Wildman–Crippen LogP) is 1.97. The minimum absolute atomic E-state index is 0.0222. The van der Waals surface area contributed by atoms with Gasteiger partial charge in [0, 0.05) is 13.0 Å². The van der Waals surface area contributed by atoms with Crippen LogP contribution >= 0.6 is 0 Å². The Bertz CT molecular complexity index is 574. The van der Waals surface area contributed by atoms with Gasteiger partial charge < -0.3 is 9.15 Å². The SMILES string of the molecule is Cc1nnc(COc2ccc(C#N)c(F)c2)o1. The molecule has 1 heterocycles. The zero-order valence-corrected chi connectivity index (χ0v) is 8.98. The number of nitriles is 1. The first kappa shape index (κ1) is 11.1. The standard InChI is InChI=1S/C11H8FN3O2/c1-7-14-15-11(17-7)6-16-9-3-2-8(5-13)10(12)4-9/h2-4H,6H2,1H3. The zero-order chi connectivity index (χ0) is 12.3. The Morgan fingerprint density at radius 2 is 2.29 bits per heavy atom. The third-order valence-electron chi connectivity index (χ3n) is 1.99. The molecule has 5 nitrogen and oxygen atoms in total. The predicted molar refractivity (Wildman–Crippen MR) is 54.5 cm³/mol. The van der Waals surface area contributed by atoms with E-state index in [9.17, 15) is 4.39 Å². The molecular formula is C11H8FN3O2. The molecule has 2 aromatic rings. The summed E-state index contributed by atoms with van der Waals surface area (Å²) in [5.41, 5.74) is -0.0222. The molecule has 0 atom stereocenters. The van der Waals surface area contributed by atoms with Gasteiger partial charge in [-0.1, -0.05) is 0 Å². The van der Waals surface area contributed by atoms with Gasteiger partial charge in [0.15, 0.2) is 6.61 Å². The van der Waals surface area contributed by atoms with Crippen LogP contribution in [-0.4, -0.2) is 10.2 Å². The Morgan fingerprint density at radius 3 is 2.88 bits per heavy atom. The van der Waals surface area contributed by atoms with Crippen LogP contribution in [0.15, 0.2) is 22.6 Å². The van der Waals surface area contributed by atoms with Crippen LogP contribution in [0.4, 0.5) is 4.39 Å². The molecule has 0 saturated heterocycles. The summed E-state index contributed by atoms with van der Waals surface area (Å²) in [6.07, 6.45) is 0.